The second kappa shape index (κ2) is 8.29. The van der Waals surface area contributed by atoms with Crippen LogP contribution in [0.1, 0.15) is 15.9 Å². The number of ketones is 1. The van der Waals surface area contributed by atoms with E-state index in [1.807, 2.05) is 0 Å². The molecule has 2 aromatic carbocycles. The van der Waals surface area contributed by atoms with E-state index in [1.165, 1.54) is 43.5 Å². The molecule has 4 aromatic rings. The van der Waals surface area contributed by atoms with Crippen LogP contribution in [0, 0.1) is 0 Å². The van der Waals surface area contributed by atoms with E-state index in [0.29, 0.717) is 26.2 Å². The van der Waals surface area contributed by atoms with Gasteiger partial charge in [-0.25, -0.2) is 13.2 Å². The van der Waals surface area contributed by atoms with Crippen molar-refractivity contribution in [1.29, 1.82) is 0 Å². The summed E-state index contributed by atoms with van der Waals surface area (Å²) in [6.45, 7) is 0. The first-order chi connectivity index (χ1) is 14.8. The molecule has 0 amide bonds. The van der Waals surface area contributed by atoms with E-state index in [1.54, 1.807) is 24.3 Å². The first-order valence-corrected chi connectivity index (χ1v) is 11.9. The summed E-state index contributed by atoms with van der Waals surface area (Å²) in [7, 11) is -2.24. The van der Waals surface area contributed by atoms with Crippen molar-refractivity contribution in [2.75, 3.05) is 11.8 Å². The van der Waals surface area contributed by atoms with Crippen LogP contribution in [0.15, 0.2) is 77.9 Å². The number of sulfonamides is 1. The number of nitrogens with one attached hydrogen (secondary N) is 1. The molecule has 7 nitrogen and oxygen atoms in total. The molecule has 158 valence electrons. The summed E-state index contributed by atoms with van der Waals surface area (Å²) in [6.07, 6.45) is 0. The largest absolute Gasteiger partial charge is 0.497 e. The Hall–Kier alpha value is -2.95. The quantitative estimate of drug-likeness (QED) is 0.293. The van der Waals surface area contributed by atoms with Crippen molar-refractivity contribution in [3.63, 3.8) is 0 Å². The Kier molecular flexibility index (Phi) is 5.69. The van der Waals surface area contributed by atoms with Crippen LogP contribution in [-0.4, -0.2) is 21.3 Å². The minimum absolute atomic E-state index is 0.116. The lowest BCUT2D eigenvalue weighted by Crippen LogP contribution is -2.15. The number of ether oxygens (including phenoxy) is 1. The van der Waals surface area contributed by atoms with Gasteiger partial charge in [-0.05, 0) is 70.5 Å². The Balaban J connectivity index is 1.60. The van der Waals surface area contributed by atoms with E-state index >= 15 is 0 Å². The molecule has 0 radical (unpaired) electrons. The fraction of sp³-hybridized carbons (Fsp3) is 0.0476. The third kappa shape index (κ3) is 4.41. The van der Waals surface area contributed by atoms with Gasteiger partial charge in [0.1, 0.15) is 21.1 Å². The van der Waals surface area contributed by atoms with Crippen LogP contribution in [0.25, 0.3) is 11.0 Å². The lowest BCUT2D eigenvalue weighted by atomic mass is 10.0. The maximum absolute atomic E-state index is 12.8. The Bertz CT molecular complexity index is 1460. The van der Waals surface area contributed by atoms with Gasteiger partial charge >= 0.3 is 5.63 Å². The molecule has 10 heteroatoms. The van der Waals surface area contributed by atoms with Gasteiger partial charge in [0.25, 0.3) is 10.0 Å². The van der Waals surface area contributed by atoms with Crippen LogP contribution in [0.3, 0.4) is 0 Å². The molecule has 0 aliphatic rings. The van der Waals surface area contributed by atoms with Crippen molar-refractivity contribution in [3.05, 3.63) is 86.0 Å². The average molecular weight is 520 g/mol. The highest BCUT2D eigenvalue weighted by Gasteiger charge is 2.19. The highest BCUT2D eigenvalue weighted by molar-refractivity contribution is 9.11. The molecule has 0 aliphatic carbocycles. The lowest BCUT2D eigenvalue weighted by Gasteiger charge is -2.07. The van der Waals surface area contributed by atoms with Gasteiger partial charge in [-0.2, -0.15) is 0 Å². The van der Waals surface area contributed by atoms with Gasteiger partial charge in [0, 0.05) is 22.7 Å². The van der Waals surface area contributed by atoms with Gasteiger partial charge < -0.3 is 9.15 Å². The monoisotopic (exact) mass is 519 g/mol. The summed E-state index contributed by atoms with van der Waals surface area (Å²) >= 11 is 4.32. The molecule has 0 saturated carbocycles. The van der Waals surface area contributed by atoms with Crippen molar-refractivity contribution < 1.29 is 22.4 Å². The Morgan fingerprint density at radius 2 is 1.81 bits per heavy atom. The van der Waals surface area contributed by atoms with Gasteiger partial charge in [-0.3, -0.25) is 9.52 Å². The van der Waals surface area contributed by atoms with E-state index in [9.17, 15) is 18.0 Å². The van der Waals surface area contributed by atoms with Gasteiger partial charge in [0.15, 0.2) is 5.78 Å². The summed E-state index contributed by atoms with van der Waals surface area (Å²) in [5.74, 6) is 0.00531. The third-order valence-electron chi connectivity index (χ3n) is 4.40. The molecule has 2 heterocycles. The number of carbonyl (C=O) groups excluding carboxylic acids is 1. The zero-order chi connectivity index (χ0) is 22.2. The lowest BCUT2D eigenvalue weighted by molar-refractivity contribution is 0.103. The van der Waals surface area contributed by atoms with Crippen LogP contribution < -0.4 is 15.1 Å². The maximum Gasteiger partial charge on any atom is 0.347 e. The van der Waals surface area contributed by atoms with Crippen molar-refractivity contribution >= 4 is 59.7 Å². The molecular weight excluding hydrogens is 506 g/mol. The molecular formula is C21H14BrNO6S2. The van der Waals surface area contributed by atoms with Gasteiger partial charge in [-0.15, -0.1) is 11.3 Å². The number of anilines is 1. The van der Waals surface area contributed by atoms with Gasteiger partial charge in [0.05, 0.1) is 10.9 Å². The summed E-state index contributed by atoms with van der Waals surface area (Å²) < 4.78 is 38.5. The predicted octanol–water partition coefficient (Wildman–Crippen LogP) is 4.66. The zero-order valence-electron chi connectivity index (χ0n) is 15.9. The number of carbonyl (C=O) groups is 1. The summed E-state index contributed by atoms with van der Waals surface area (Å²) in [6, 6.07) is 15.4. The van der Waals surface area contributed by atoms with Gasteiger partial charge in [0.2, 0.25) is 0 Å². The molecule has 0 unspecified atom stereocenters. The number of hydrogen-bond donors (Lipinski definition) is 1. The maximum atomic E-state index is 12.8. The second-order valence-electron chi connectivity index (χ2n) is 6.42. The van der Waals surface area contributed by atoms with E-state index in [4.69, 9.17) is 9.15 Å². The average Bonchev–Trinajstić information content (AvgIpc) is 3.20. The van der Waals surface area contributed by atoms with Crippen LogP contribution >= 0.6 is 27.3 Å². The molecule has 31 heavy (non-hydrogen) atoms. The molecule has 0 bridgehead atoms. The standard InChI is InChI=1S/C21H14BrNO6S2/c1-28-15-7-4-13-10-16(21(25)29-17(13)11-15)20(24)12-2-5-14(6-3-12)23-31(26,27)19-9-8-18(22)30-19/h2-11,23H,1H3. The van der Waals surface area contributed by atoms with E-state index in [0.717, 1.165) is 11.3 Å². The number of hydrogen-bond acceptors (Lipinski definition) is 7. The van der Waals surface area contributed by atoms with Crippen LogP contribution in [0.5, 0.6) is 5.75 Å². The molecule has 0 fully saturated rings. The van der Waals surface area contributed by atoms with E-state index in [2.05, 4.69) is 20.7 Å². The highest BCUT2D eigenvalue weighted by atomic mass is 79.9. The topological polar surface area (TPSA) is 103 Å². The predicted molar refractivity (Wildman–Crippen MR) is 122 cm³/mol. The summed E-state index contributed by atoms with van der Waals surface area (Å²) in [5.41, 5.74) is -0.0557. The van der Waals surface area contributed by atoms with Crippen molar-refractivity contribution in [2.45, 2.75) is 4.21 Å². The number of methoxy groups -OCH3 is 1. The molecule has 0 atom stereocenters. The molecule has 0 spiro atoms. The van der Waals surface area contributed by atoms with Crippen LogP contribution in [0.2, 0.25) is 0 Å². The molecule has 0 aliphatic heterocycles. The molecule has 2 aromatic heterocycles. The minimum Gasteiger partial charge on any atom is -0.497 e. The number of fused-ring (bicyclic) bond motifs is 1. The zero-order valence-corrected chi connectivity index (χ0v) is 19.1. The first kappa shape index (κ1) is 21.3. The van der Waals surface area contributed by atoms with Gasteiger partial charge in [-0.1, -0.05) is 0 Å². The van der Waals surface area contributed by atoms with Crippen molar-refractivity contribution in [2.24, 2.45) is 0 Å². The highest BCUT2D eigenvalue weighted by Crippen LogP contribution is 2.28. The first-order valence-electron chi connectivity index (χ1n) is 8.82. The Morgan fingerprint density at radius 1 is 1.06 bits per heavy atom. The number of thiophene rings is 1. The smallest absolute Gasteiger partial charge is 0.347 e. The van der Waals surface area contributed by atoms with Crippen LogP contribution in [0.4, 0.5) is 5.69 Å². The van der Waals surface area contributed by atoms with Crippen molar-refractivity contribution in [1.82, 2.24) is 0 Å². The number of halogens is 1. The SMILES string of the molecule is COc1ccc2cc(C(=O)c3ccc(NS(=O)(=O)c4ccc(Br)s4)cc3)c(=O)oc2c1. The molecule has 1 N–H and O–H groups in total. The van der Waals surface area contributed by atoms with E-state index in [-0.39, 0.29) is 15.3 Å². The Labute approximate surface area is 189 Å². The summed E-state index contributed by atoms with van der Waals surface area (Å²) in [5, 5.41) is 0.579. The fourth-order valence-corrected chi connectivity index (χ4v) is 5.94. The second-order valence-corrected chi connectivity index (χ2v) is 10.8. The number of benzene rings is 2. The molecule has 0 saturated heterocycles. The van der Waals surface area contributed by atoms with E-state index < -0.39 is 21.4 Å². The normalized spacial score (nSPS) is 11.4. The Morgan fingerprint density at radius 3 is 2.45 bits per heavy atom. The fourth-order valence-electron chi connectivity index (χ4n) is 2.87. The van der Waals surface area contributed by atoms with Crippen LogP contribution in [-0.2, 0) is 10.0 Å². The number of rotatable bonds is 6. The minimum atomic E-state index is -3.74. The molecule has 4 rings (SSSR count). The van der Waals surface area contributed by atoms with Crippen molar-refractivity contribution in [3.8, 4) is 5.75 Å². The third-order valence-corrected chi connectivity index (χ3v) is 7.90. The summed E-state index contributed by atoms with van der Waals surface area (Å²) in [4.78, 5) is 25.2.